The fourth-order valence-corrected chi connectivity index (χ4v) is 2.71. The van der Waals surface area contributed by atoms with Crippen LogP contribution in [0.1, 0.15) is 17.5 Å². The van der Waals surface area contributed by atoms with E-state index in [-0.39, 0.29) is 12.2 Å². The third-order valence-corrected chi connectivity index (χ3v) is 4.10. The number of nitrogens with one attached hydrogen (secondary N) is 1. The standard InChI is InChI=1S/C22H18FN5/c1-25-11-8-19(17-5-6-21-18(13-17)3-2-10-26-21)20(23)9-12-27-22-7-4-16(14-24)15-28-22/h2-8,10-11,13,15H,1,9,12H2,(H,27,28)/b11-8-,20-19-. The van der Waals surface area contributed by atoms with E-state index in [1.807, 2.05) is 36.4 Å². The molecule has 0 aliphatic heterocycles. The number of rotatable bonds is 7. The number of benzene rings is 1. The number of hydrogen-bond acceptors (Lipinski definition) is 5. The lowest BCUT2D eigenvalue weighted by molar-refractivity contribution is 0.601. The molecule has 0 aliphatic carbocycles. The van der Waals surface area contributed by atoms with Gasteiger partial charge in [0.05, 0.1) is 11.1 Å². The molecular weight excluding hydrogens is 353 g/mol. The first-order chi connectivity index (χ1) is 13.7. The van der Waals surface area contributed by atoms with Crippen molar-refractivity contribution in [2.45, 2.75) is 6.42 Å². The highest BCUT2D eigenvalue weighted by molar-refractivity contribution is 5.86. The zero-order valence-corrected chi connectivity index (χ0v) is 15.1. The SMILES string of the molecule is C=N/C=C\C(=C(\F)CCNc1ccc(C#N)cn1)c1ccc2ncccc2c1. The Balaban J connectivity index is 1.79. The molecule has 0 spiro atoms. The van der Waals surface area contributed by atoms with E-state index >= 15 is 0 Å². The highest BCUT2D eigenvalue weighted by atomic mass is 19.1. The molecule has 0 saturated carbocycles. The number of aromatic nitrogens is 2. The van der Waals surface area contributed by atoms with Crippen LogP contribution < -0.4 is 5.32 Å². The van der Waals surface area contributed by atoms with Crippen LogP contribution in [0.4, 0.5) is 10.2 Å². The third-order valence-electron chi connectivity index (χ3n) is 4.10. The van der Waals surface area contributed by atoms with Crippen molar-refractivity contribution in [2.75, 3.05) is 11.9 Å². The summed E-state index contributed by atoms with van der Waals surface area (Å²) in [5, 5.41) is 12.8. The molecule has 0 radical (unpaired) electrons. The molecule has 138 valence electrons. The van der Waals surface area contributed by atoms with Crippen molar-refractivity contribution in [3.63, 3.8) is 0 Å². The smallest absolute Gasteiger partial charge is 0.125 e. The van der Waals surface area contributed by atoms with Crippen molar-refractivity contribution in [1.29, 1.82) is 5.26 Å². The molecule has 0 amide bonds. The highest BCUT2D eigenvalue weighted by Crippen LogP contribution is 2.26. The van der Waals surface area contributed by atoms with E-state index in [2.05, 4.69) is 27.0 Å². The first-order valence-corrected chi connectivity index (χ1v) is 8.67. The largest absolute Gasteiger partial charge is 0.370 e. The van der Waals surface area contributed by atoms with Crippen molar-refractivity contribution in [1.82, 2.24) is 9.97 Å². The Morgan fingerprint density at radius 1 is 1.25 bits per heavy atom. The van der Waals surface area contributed by atoms with Gasteiger partial charge in [0.15, 0.2) is 0 Å². The number of nitriles is 1. The van der Waals surface area contributed by atoms with Gasteiger partial charge in [0.25, 0.3) is 0 Å². The van der Waals surface area contributed by atoms with E-state index in [1.165, 1.54) is 12.4 Å². The summed E-state index contributed by atoms with van der Waals surface area (Å²) in [4.78, 5) is 12.1. The molecule has 0 fully saturated rings. The van der Waals surface area contributed by atoms with Gasteiger partial charge in [-0.1, -0.05) is 12.1 Å². The molecule has 0 bridgehead atoms. The lowest BCUT2D eigenvalue weighted by Crippen LogP contribution is -2.04. The maximum Gasteiger partial charge on any atom is 0.125 e. The van der Waals surface area contributed by atoms with Crippen LogP contribution in [0.15, 0.2) is 78.0 Å². The normalized spacial score (nSPS) is 11.9. The zero-order valence-electron chi connectivity index (χ0n) is 15.1. The molecule has 0 saturated heterocycles. The second-order valence-corrected chi connectivity index (χ2v) is 5.95. The van der Waals surface area contributed by atoms with Gasteiger partial charge in [-0.25, -0.2) is 9.37 Å². The molecule has 1 N–H and O–H groups in total. The molecule has 1 aromatic carbocycles. The van der Waals surface area contributed by atoms with Crippen molar-refractivity contribution in [2.24, 2.45) is 4.99 Å². The van der Waals surface area contributed by atoms with E-state index in [0.717, 1.165) is 16.5 Å². The number of nitrogens with zero attached hydrogens (tertiary/aromatic N) is 4. The van der Waals surface area contributed by atoms with Gasteiger partial charge in [0.2, 0.25) is 0 Å². The molecule has 28 heavy (non-hydrogen) atoms. The van der Waals surface area contributed by atoms with E-state index < -0.39 is 0 Å². The summed E-state index contributed by atoms with van der Waals surface area (Å²) in [5.41, 5.74) is 2.53. The van der Waals surface area contributed by atoms with Crippen molar-refractivity contribution in [3.8, 4) is 6.07 Å². The molecule has 6 heteroatoms. The summed E-state index contributed by atoms with van der Waals surface area (Å²) in [6.07, 6.45) is 6.45. The Labute approximate surface area is 162 Å². The fraction of sp³-hybridized carbons (Fsp3) is 0.0909. The van der Waals surface area contributed by atoms with Gasteiger partial charge in [-0.05, 0) is 48.7 Å². The predicted octanol–water partition coefficient (Wildman–Crippen LogP) is 4.90. The number of hydrogen-bond donors (Lipinski definition) is 1. The van der Waals surface area contributed by atoms with Gasteiger partial charge < -0.3 is 5.32 Å². The Hall–Kier alpha value is -3.85. The molecule has 2 heterocycles. The summed E-state index contributed by atoms with van der Waals surface area (Å²) in [6, 6.07) is 14.8. The maximum atomic E-state index is 14.9. The van der Waals surface area contributed by atoms with Crippen molar-refractivity contribution >= 4 is 29.0 Å². The topological polar surface area (TPSA) is 74.0 Å². The second kappa shape index (κ2) is 9.19. The van der Waals surface area contributed by atoms with Gasteiger partial charge in [-0.3, -0.25) is 9.98 Å². The van der Waals surface area contributed by atoms with E-state index in [1.54, 1.807) is 24.4 Å². The Morgan fingerprint density at radius 3 is 2.89 bits per heavy atom. The van der Waals surface area contributed by atoms with Gasteiger partial charge in [0.1, 0.15) is 17.7 Å². The molecule has 2 aromatic heterocycles. The van der Waals surface area contributed by atoms with E-state index in [9.17, 15) is 4.39 Å². The van der Waals surface area contributed by atoms with Crippen LogP contribution in [0.25, 0.3) is 16.5 Å². The molecular formula is C22H18FN5. The number of halogens is 1. The molecule has 5 nitrogen and oxygen atoms in total. The van der Waals surface area contributed by atoms with Crippen LogP contribution in [-0.2, 0) is 0 Å². The lowest BCUT2D eigenvalue weighted by atomic mass is 10.0. The van der Waals surface area contributed by atoms with Crippen molar-refractivity contribution < 1.29 is 4.39 Å². The van der Waals surface area contributed by atoms with Gasteiger partial charge >= 0.3 is 0 Å². The molecule has 3 rings (SSSR count). The maximum absolute atomic E-state index is 14.9. The number of allylic oxidation sites excluding steroid dienone is 2. The summed E-state index contributed by atoms with van der Waals surface area (Å²) in [5.74, 6) is 0.317. The average molecular weight is 371 g/mol. The Morgan fingerprint density at radius 2 is 2.14 bits per heavy atom. The van der Waals surface area contributed by atoms with Crippen LogP contribution in [0.2, 0.25) is 0 Å². The molecule has 0 atom stereocenters. The third kappa shape index (κ3) is 4.65. The first kappa shape index (κ1) is 18.9. The summed E-state index contributed by atoms with van der Waals surface area (Å²) < 4.78 is 14.9. The Bertz CT molecular complexity index is 1080. The molecule has 3 aromatic rings. The van der Waals surface area contributed by atoms with Crippen molar-refractivity contribution in [3.05, 3.63) is 84.1 Å². The minimum absolute atomic E-state index is 0.170. The molecule has 0 unspecified atom stereocenters. The first-order valence-electron chi connectivity index (χ1n) is 8.67. The number of fused-ring (bicyclic) bond motifs is 1. The minimum Gasteiger partial charge on any atom is -0.370 e. The second-order valence-electron chi connectivity index (χ2n) is 5.95. The van der Waals surface area contributed by atoms with Gasteiger partial charge in [0, 0.05) is 42.5 Å². The van der Waals surface area contributed by atoms with Crippen LogP contribution in [-0.4, -0.2) is 23.2 Å². The number of aliphatic imine (C=N–C) groups is 1. The number of pyridine rings is 2. The monoisotopic (exact) mass is 371 g/mol. The lowest BCUT2D eigenvalue weighted by Gasteiger charge is -2.09. The van der Waals surface area contributed by atoms with E-state index in [4.69, 9.17) is 5.26 Å². The number of anilines is 1. The molecule has 0 aliphatic rings. The average Bonchev–Trinajstić information content (AvgIpc) is 2.74. The Kier molecular flexibility index (Phi) is 6.21. The zero-order chi connectivity index (χ0) is 19.8. The summed E-state index contributed by atoms with van der Waals surface area (Å²) >= 11 is 0. The van der Waals surface area contributed by atoms with Crippen LogP contribution in [0.3, 0.4) is 0 Å². The van der Waals surface area contributed by atoms with Crippen LogP contribution >= 0.6 is 0 Å². The van der Waals surface area contributed by atoms with Crippen LogP contribution in [0, 0.1) is 11.3 Å². The quantitative estimate of drug-likeness (QED) is 0.474. The highest BCUT2D eigenvalue weighted by Gasteiger charge is 2.08. The van der Waals surface area contributed by atoms with E-state index in [0.29, 0.717) is 23.5 Å². The summed E-state index contributed by atoms with van der Waals surface area (Å²) in [6.45, 7) is 3.78. The van der Waals surface area contributed by atoms with Crippen LogP contribution in [0.5, 0.6) is 0 Å². The predicted molar refractivity (Wildman–Crippen MR) is 111 cm³/mol. The minimum atomic E-state index is -0.274. The fourth-order valence-electron chi connectivity index (χ4n) is 2.71. The van der Waals surface area contributed by atoms with Gasteiger partial charge in [-0.15, -0.1) is 0 Å². The van der Waals surface area contributed by atoms with Gasteiger partial charge in [-0.2, -0.15) is 5.26 Å². The summed E-state index contributed by atoms with van der Waals surface area (Å²) in [7, 11) is 0.